The van der Waals surface area contributed by atoms with Crippen LogP contribution in [-0.2, 0) is 12.1 Å². The summed E-state index contributed by atoms with van der Waals surface area (Å²) in [4.78, 5) is 8.00. The van der Waals surface area contributed by atoms with Crippen molar-refractivity contribution in [1.82, 2.24) is 15.6 Å². The molecule has 140 valence electrons. The smallest absolute Gasteiger partial charge is 0.191 e. The molecule has 0 aliphatic rings. The lowest BCUT2D eigenvalue weighted by molar-refractivity contribution is 0.0621. The van der Waals surface area contributed by atoms with E-state index in [1.54, 1.807) is 11.3 Å². The first kappa shape index (κ1) is 20.7. The molecule has 1 unspecified atom stereocenters. The van der Waals surface area contributed by atoms with Gasteiger partial charge in [-0.15, -0.1) is 24.0 Å². The number of thiophene rings is 1. The zero-order valence-corrected chi connectivity index (χ0v) is 18.1. The minimum absolute atomic E-state index is 0. The highest BCUT2D eigenvalue weighted by Gasteiger charge is 2.23. The zero-order valence-electron chi connectivity index (χ0n) is 15.0. The third-order valence-electron chi connectivity index (χ3n) is 4.08. The maximum atomic E-state index is 10.6. The van der Waals surface area contributed by atoms with Crippen LogP contribution in [-0.4, -0.2) is 29.1 Å². The van der Waals surface area contributed by atoms with E-state index in [0.29, 0.717) is 19.0 Å². The number of aliphatic imine (C=N–C) groups is 1. The molecule has 7 heteroatoms. The van der Waals surface area contributed by atoms with Crippen molar-refractivity contribution in [3.05, 3.63) is 58.4 Å². The Hall–Kier alpha value is -1.58. The van der Waals surface area contributed by atoms with Crippen LogP contribution in [0.5, 0.6) is 0 Å². The molecule has 2 aromatic heterocycles. The Morgan fingerprint density at radius 2 is 2.08 bits per heavy atom. The molecular weight excluding hydrogens is 459 g/mol. The maximum absolute atomic E-state index is 10.6. The molecule has 3 aromatic rings. The van der Waals surface area contributed by atoms with Crippen LogP contribution < -0.4 is 10.6 Å². The molecule has 0 bridgehead atoms. The van der Waals surface area contributed by atoms with Crippen LogP contribution in [0.3, 0.4) is 0 Å². The average molecular weight is 484 g/mol. The van der Waals surface area contributed by atoms with E-state index in [-0.39, 0.29) is 24.0 Å². The van der Waals surface area contributed by atoms with E-state index in [1.807, 2.05) is 42.8 Å². The van der Waals surface area contributed by atoms with E-state index >= 15 is 0 Å². The van der Waals surface area contributed by atoms with Crippen molar-refractivity contribution < 1.29 is 5.11 Å². The molecule has 0 saturated heterocycles. The van der Waals surface area contributed by atoms with Crippen molar-refractivity contribution >= 4 is 52.2 Å². The van der Waals surface area contributed by atoms with Gasteiger partial charge in [0.1, 0.15) is 5.60 Å². The summed E-state index contributed by atoms with van der Waals surface area (Å²) in [6.07, 6.45) is 0. The Labute approximate surface area is 175 Å². The zero-order chi connectivity index (χ0) is 17.7. The Morgan fingerprint density at radius 1 is 1.27 bits per heavy atom. The predicted octanol–water partition coefficient (Wildman–Crippen LogP) is 3.81. The monoisotopic (exact) mass is 484 g/mol. The van der Waals surface area contributed by atoms with Gasteiger partial charge in [0.15, 0.2) is 5.96 Å². The Kier molecular flexibility index (Phi) is 7.48. The lowest BCUT2D eigenvalue weighted by Crippen LogP contribution is -2.44. The summed E-state index contributed by atoms with van der Waals surface area (Å²) in [6.45, 7) is 5.53. The minimum atomic E-state index is -0.933. The van der Waals surface area contributed by atoms with Crippen molar-refractivity contribution in [2.24, 2.45) is 4.99 Å². The third kappa shape index (κ3) is 5.21. The van der Waals surface area contributed by atoms with Gasteiger partial charge in [0.25, 0.3) is 0 Å². The Balaban J connectivity index is 0.00000243. The molecule has 3 rings (SSSR count). The van der Waals surface area contributed by atoms with Gasteiger partial charge in [-0.3, -0.25) is 0 Å². The molecule has 1 atom stereocenters. The van der Waals surface area contributed by atoms with Gasteiger partial charge in [0.05, 0.1) is 13.1 Å². The highest BCUT2D eigenvalue weighted by molar-refractivity contribution is 14.0. The largest absolute Gasteiger partial charge is 0.384 e. The highest BCUT2D eigenvalue weighted by atomic mass is 127. The second kappa shape index (κ2) is 9.38. The summed E-state index contributed by atoms with van der Waals surface area (Å²) in [5, 5.41) is 22.2. The summed E-state index contributed by atoms with van der Waals surface area (Å²) in [5.41, 5.74) is 2.16. The van der Waals surface area contributed by atoms with Crippen molar-refractivity contribution in [2.45, 2.75) is 26.0 Å². The molecule has 0 spiro atoms. The summed E-state index contributed by atoms with van der Waals surface area (Å²) in [5.74, 6) is 0.691. The van der Waals surface area contributed by atoms with Gasteiger partial charge in [-0.05, 0) is 53.8 Å². The first-order chi connectivity index (χ1) is 12.1. The van der Waals surface area contributed by atoms with Crippen LogP contribution in [0, 0.1) is 0 Å². The summed E-state index contributed by atoms with van der Waals surface area (Å²) < 4.78 is 0. The SMILES string of the molecule is CCNC(=NCc1cc2ccccc2[nH]1)NCC(C)(O)c1ccsc1.I. The summed E-state index contributed by atoms with van der Waals surface area (Å²) >= 11 is 1.58. The number of nitrogens with zero attached hydrogens (tertiary/aromatic N) is 1. The standard InChI is InChI=1S/C19H24N4OS.HI/c1-3-20-18(22-13-19(2,24)15-8-9-25-12-15)21-11-16-10-14-6-4-5-7-17(14)23-16;/h4-10,12,23-24H,3,11,13H2,1-2H3,(H2,20,21,22);1H. The van der Waals surface area contributed by atoms with E-state index < -0.39 is 5.60 Å². The van der Waals surface area contributed by atoms with E-state index in [9.17, 15) is 5.11 Å². The lowest BCUT2D eigenvalue weighted by atomic mass is 9.99. The first-order valence-corrected chi connectivity index (χ1v) is 9.36. The van der Waals surface area contributed by atoms with Crippen LogP contribution >= 0.6 is 35.3 Å². The summed E-state index contributed by atoms with van der Waals surface area (Å²) in [6, 6.07) is 12.3. The van der Waals surface area contributed by atoms with Gasteiger partial charge in [0.2, 0.25) is 0 Å². The number of halogens is 1. The Morgan fingerprint density at radius 3 is 2.77 bits per heavy atom. The fraction of sp³-hybridized carbons (Fsp3) is 0.316. The van der Waals surface area contributed by atoms with Crippen molar-refractivity contribution in [1.29, 1.82) is 0 Å². The van der Waals surface area contributed by atoms with Crippen LogP contribution in [0.2, 0.25) is 0 Å². The number of para-hydroxylation sites is 1. The highest BCUT2D eigenvalue weighted by Crippen LogP contribution is 2.22. The Bertz CT molecular complexity index is 809. The number of nitrogens with one attached hydrogen (secondary N) is 3. The van der Waals surface area contributed by atoms with Gasteiger partial charge >= 0.3 is 0 Å². The molecule has 0 saturated carbocycles. The van der Waals surface area contributed by atoms with Gasteiger partial charge in [-0.25, -0.2) is 4.99 Å². The van der Waals surface area contributed by atoms with Crippen molar-refractivity contribution in [3.8, 4) is 0 Å². The number of hydrogen-bond donors (Lipinski definition) is 4. The topological polar surface area (TPSA) is 72.4 Å². The van der Waals surface area contributed by atoms with E-state index in [4.69, 9.17) is 0 Å². The fourth-order valence-electron chi connectivity index (χ4n) is 2.65. The lowest BCUT2D eigenvalue weighted by Gasteiger charge is -2.24. The van der Waals surface area contributed by atoms with Crippen LogP contribution in [0.4, 0.5) is 0 Å². The third-order valence-corrected chi connectivity index (χ3v) is 4.76. The van der Waals surface area contributed by atoms with Gasteiger partial charge in [0, 0.05) is 17.8 Å². The fourth-order valence-corrected chi connectivity index (χ4v) is 3.44. The van der Waals surface area contributed by atoms with Crippen LogP contribution in [0.15, 0.2) is 52.2 Å². The van der Waals surface area contributed by atoms with E-state index in [2.05, 4.69) is 38.8 Å². The number of aromatic nitrogens is 1. The van der Waals surface area contributed by atoms with Crippen molar-refractivity contribution in [2.75, 3.05) is 13.1 Å². The number of aliphatic hydroxyl groups is 1. The quantitative estimate of drug-likeness (QED) is 0.244. The van der Waals surface area contributed by atoms with Crippen molar-refractivity contribution in [3.63, 3.8) is 0 Å². The molecular formula is C19H25IN4OS. The molecule has 0 radical (unpaired) electrons. The van der Waals surface area contributed by atoms with E-state index in [0.717, 1.165) is 23.3 Å². The molecule has 4 N–H and O–H groups in total. The number of fused-ring (bicyclic) bond motifs is 1. The molecule has 0 fully saturated rings. The number of H-pyrrole nitrogens is 1. The normalized spacial score (nSPS) is 13.9. The minimum Gasteiger partial charge on any atom is -0.384 e. The number of benzene rings is 1. The summed E-state index contributed by atoms with van der Waals surface area (Å²) in [7, 11) is 0. The first-order valence-electron chi connectivity index (χ1n) is 8.42. The van der Waals surface area contributed by atoms with Gasteiger partial charge < -0.3 is 20.7 Å². The molecule has 26 heavy (non-hydrogen) atoms. The molecule has 5 nitrogen and oxygen atoms in total. The molecule has 0 amide bonds. The molecule has 1 aromatic carbocycles. The number of aromatic amines is 1. The van der Waals surface area contributed by atoms with Crippen LogP contribution in [0.25, 0.3) is 10.9 Å². The van der Waals surface area contributed by atoms with Gasteiger partial charge in [-0.2, -0.15) is 11.3 Å². The number of guanidine groups is 1. The molecule has 2 heterocycles. The van der Waals surface area contributed by atoms with Gasteiger partial charge in [-0.1, -0.05) is 18.2 Å². The van der Waals surface area contributed by atoms with E-state index in [1.165, 1.54) is 5.39 Å². The molecule has 0 aliphatic carbocycles. The second-order valence-corrected chi connectivity index (χ2v) is 7.00. The average Bonchev–Trinajstić information content (AvgIpc) is 3.26. The molecule has 0 aliphatic heterocycles. The van der Waals surface area contributed by atoms with Crippen LogP contribution in [0.1, 0.15) is 25.1 Å². The number of rotatable bonds is 6. The second-order valence-electron chi connectivity index (χ2n) is 6.22. The predicted molar refractivity (Wildman–Crippen MR) is 120 cm³/mol. The maximum Gasteiger partial charge on any atom is 0.191 e. The number of hydrogen-bond acceptors (Lipinski definition) is 3.